The van der Waals surface area contributed by atoms with E-state index >= 15 is 0 Å². The van der Waals surface area contributed by atoms with Crippen molar-refractivity contribution < 1.29 is 4.39 Å². The molecule has 0 aliphatic carbocycles. The van der Waals surface area contributed by atoms with Gasteiger partial charge in [-0.1, -0.05) is 12.1 Å². The van der Waals surface area contributed by atoms with Gasteiger partial charge in [0.25, 0.3) is 0 Å². The van der Waals surface area contributed by atoms with Crippen LogP contribution in [0.25, 0.3) is 0 Å². The summed E-state index contributed by atoms with van der Waals surface area (Å²) in [6.45, 7) is 7.71. The number of aryl methyl sites for hydroxylation is 1. The second-order valence-corrected chi connectivity index (χ2v) is 5.96. The minimum atomic E-state index is -0.138. The molecule has 1 aliphatic rings. The summed E-state index contributed by atoms with van der Waals surface area (Å²) in [5.41, 5.74) is 7.67. The molecular weight excluding hydrogens is 253 g/mol. The van der Waals surface area contributed by atoms with Crippen LogP contribution in [0.15, 0.2) is 18.2 Å². The van der Waals surface area contributed by atoms with Crippen LogP contribution in [0.3, 0.4) is 0 Å². The predicted molar refractivity (Wildman–Crippen MR) is 81.2 cm³/mol. The van der Waals surface area contributed by atoms with Crippen LogP contribution >= 0.6 is 0 Å². The average molecular weight is 279 g/mol. The molecule has 2 unspecified atom stereocenters. The molecule has 0 saturated carbocycles. The highest BCUT2D eigenvalue weighted by Crippen LogP contribution is 2.25. The van der Waals surface area contributed by atoms with E-state index in [4.69, 9.17) is 5.73 Å². The van der Waals surface area contributed by atoms with E-state index in [0.29, 0.717) is 18.2 Å². The van der Waals surface area contributed by atoms with Gasteiger partial charge in [-0.05, 0) is 51.1 Å². The topological polar surface area (TPSA) is 32.5 Å². The monoisotopic (exact) mass is 279 g/mol. The number of hydrogen-bond donors (Lipinski definition) is 1. The molecular formula is C16H26FN3. The number of rotatable bonds is 3. The molecule has 0 bridgehead atoms. The van der Waals surface area contributed by atoms with Crippen molar-refractivity contribution in [3.05, 3.63) is 35.1 Å². The van der Waals surface area contributed by atoms with E-state index in [2.05, 4.69) is 23.8 Å². The van der Waals surface area contributed by atoms with Gasteiger partial charge in [0.1, 0.15) is 5.82 Å². The lowest BCUT2D eigenvalue weighted by molar-refractivity contribution is 0.146. The summed E-state index contributed by atoms with van der Waals surface area (Å²) in [6.07, 6.45) is 1.13. The van der Waals surface area contributed by atoms with Crippen molar-refractivity contribution in [2.75, 3.05) is 33.2 Å². The molecule has 0 amide bonds. The van der Waals surface area contributed by atoms with Crippen molar-refractivity contribution in [3.8, 4) is 0 Å². The number of halogens is 1. The van der Waals surface area contributed by atoms with Gasteiger partial charge in [-0.2, -0.15) is 0 Å². The Kier molecular flexibility index (Phi) is 5.13. The van der Waals surface area contributed by atoms with Gasteiger partial charge in [0.05, 0.1) is 0 Å². The normalized spacial score (nSPS) is 23.6. The van der Waals surface area contributed by atoms with Gasteiger partial charge >= 0.3 is 0 Å². The van der Waals surface area contributed by atoms with E-state index in [0.717, 1.165) is 31.6 Å². The van der Waals surface area contributed by atoms with Crippen molar-refractivity contribution in [2.24, 2.45) is 5.73 Å². The summed E-state index contributed by atoms with van der Waals surface area (Å²) in [6, 6.07) is 6.04. The smallest absolute Gasteiger partial charge is 0.126 e. The first-order valence-corrected chi connectivity index (χ1v) is 7.43. The maximum Gasteiger partial charge on any atom is 0.126 e. The molecule has 4 heteroatoms. The molecule has 0 aromatic heterocycles. The fraction of sp³-hybridized carbons (Fsp3) is 0.625. The Morgan fingerprint density at radius 3 is 2.80 bits per heavy atom. The highest BCUT2D eigenvalue weighted by Gasteiger charge is 2.27. The molecule has 0 radical (unpaired) electrons. The Hall–Kier alpha value is -0.970. The molecule has 1 saturated heterocycles. The summed E-state index contributed by atoms with van der Waals surface area (Å²) in [5.74, 6) is -0.138. The molecule has 112 valence electrons. The predicted octanol–water partition coefficient (Wildman–Crippen LogP) is 2.16. The van der Waals surface area contributed by atoms with Crippen LogP contribution in [0.5, 0.6) is 0 Å². The van der Waals surface area contributed by atoms with Gasteiger partial charge in [-0.3, -0.25) is 4.90 Å². The lowest BCUT2D eigenvalue weighted by Gasteiger charge is -2.35. The first-order valence-electron chi connectivity index (χ1n) is 7.43. The molecule has 20 heavy (non-hydrogen) atoms. The summed E-state index contributed by atoms with van der Waals surface area (Å²) >= 11 is 0. The fourth-order valence-corrected chi connectivity index (χ4v) is 3.13. The highest BCUT2D eigenvalue weighted by atomic mass is 19.1. The van der Waals surface area contributed by atoms with Crippen molar-refractivity contribution in [1.29, 1.82) is 0 Å². The number of nitrogens with two attached hydrogens (primary N) is 1. The van der Waals surface area contributed by atoms with Crippen LogP contribution in [-0.2, 0) is 0 Å². The van der Waals surface area contributed by atoms with E-state index in [9.17, 15) is 4.39 Å². The molecule has 1 fully saturated rings. The second-order valence-electron chi connectivity index (χ2n) is 5.96. The Balaban J connectivity index is 2.23. The summed E-state index contributed by atoms with van der Waals surface area (Å²) in [7, 11) is 2.16. The van der Waals surface area contributed by atoms with Crippen molar-refractivity contribution in [2.45, 2.75) is 32.4 Å². The van der Waals surface area contributed by atoms with E-state index in [1.807, 2.05) is 12.1 Å². The number of nitrogens with zero attached hydrogens (tertiary/aromatic N) is 2. The Bertz CT molecular complexity index is 449. The molecule has 1 aromatic carbocycles. The minimum absolute atomic E-state index is 0.103. The SMILES string of the molecule is Cc1ccc(C(CN)N2CCCN(C)CC2C)cc1F. The Labute approximate surface area is 121 Å². The molecule has 0 spiro atoms. The summed E-state index contributed by atoms with van der Waals surface area (Å²) in [5, 5.41) is 0. The number of benzene rings is 1. The Morgan fingerprint density at radius 1 is 1.40 bits per heavy atom. The van der Waals surface area contributed by atoms with E-state index in [-0.39, 0.29) is 11.9 Å². The van der Waals surface area contributed by atoms with Crippen molar-refractivity contribution in [1.82, 2.24) is 9.80 Å². The molecule has 1 heterocycles. The largest absolute Gasteiger partial charge is 0.329 e. The molecule has 3 nitrogen and oxygen atoms in total. The van der Waals surface area contributed by atoms with Crippen LogP contribution < -0.4 is 5.73 Å². The average Bonchev–Trinajstić information content (AvgIpc) is 2.56. The van der Waals surface area contributed by atoms with Gasteiger partial charge in [-0.25, -0.2) is 4.39 Å². The van der Waals surface area contributed by atoms with E-state index in [1.165, 1.54) is 0 Å². The van der Waals surface area contributed by atoms with Crippen LogP contribution in [-0.4, -0.2) is 49.1 Å². The Morgan fingerprint density at radius 2 is 2.15 bits per heavy atom. The van der Waals surface area contributed by atoms with Gasteiger partial charge in [-0.15, -0.1) is 0 Å². The maximum absolute atomic E-state index is 13.8. The lowest BCUT2D eigenvalue weighted by atomic mass is 10.0. The van der Waals surface area contributed by atoms with Crippen LogP contribution in [0, 0.1) is 12.7 Å². The highest BCUT2D eigenvalue weighted by molar-refractivity contribution is 5.26. The van der Waals surface area contributed by atoms with Crippen LogP contribution in [0.4, 0.5) is 4.39 Å². The summed E-state index contributed by atoms with van der Waals surface area (Å²) in [4.78, 5) is 4.78. The van der Waals surface area contributed by atoms with Crippen molar-refractivity contribution in [3.63, 3.8) is 0 Å². The maximum atomic E-state index is 13.8. The molecule has 2 rings (SSSR count). The third-order valence-corrected chi connectivity index (χ3v) is 4.30. The molecule has 2 atom stereocenters. The molecule has 1 aliphatic heterocycles. The minimum Gasteiger partial charge on any atom is -0.329 e. The number of hydrogen-bond acceptors (Lipinski definition) is 3. The van der Waals surface area contributed by atoms with E-state index < -0.39 is 0 Å². The zero-order valence-electron chi connectivity index (χ0n) is 12.8. The zero-order chi connectivity index (χ0) is 14.7. The first kappa shape index (κ1) is 15.4. The molecule has 1 aromatic rings. The lowest BCUT2D eigenvalue weighted by Crippen LogP contribution is -2.43. The van der Waals surface area contributed by atoms with Crippen LogP contribution in [0.2, 0.25) is 0 Å². The third kappa shape index (κ3) is 3.37. The standard InChI is InChI=1S/C16H26FN3/c1-12-5-6-14(9-15(12)17)16(10-18)20-8-4-7-19(3)11-13(20)2/h5-6,9,13,16H,4,7-8,10-11,18H2,1-3H3. The van der Waals surface area contributed by atoms with Crippen molar-refractivity contribution >= 4 is 0 Å². The zero-order valence-corrected chi connectivity index (χ0v) is 12.8. The van der Waals surface area contributed by atoms with E-state index in [1.54, 1.807) is 13.0 Å². The van der Waals surface area contributed by atoms with Gasteiger partial charge in [0, 0.05) is 31.7 Å². The van der Waals surface area contributed by atoms with Gasteiger partial charge in [0.2, 0.25) is 0 Å². The van der Waals surface area contributed by atoms with Crippen LogP contribution in [0.1, 0.15) is 30.5 Å². The first-order chi connectivity index (χ1) is 9.52. The quantitative estimate of drug-likeness (QED) is 0.920. The molecule has 2 N–H and O–H groups in total. The summed E-state index contributed by atoms with van der Waals surface area (Å²) < 4.78 is 13.8. The second kappa shape index (κ2) is 6.66. The number of likely N-dealkylation sites (N-methyl/N-ethyl adjacent to an activating group) is 1. The van der Waals surface area contributed by atoms with Gasteiger partial charge < -0.3 is 10.6 Å². The van der Waals surface area contributed by atoms with Gasteiger partial charge in [0.15, 0.2) is 0 Å². The fourth-order valence-electron chi connectivity index (χ4n) is 3.13. The third-order valence-electron chi connectivity index (χ3n) is 4.30.